The van der Waals surface area contributed by atoms with Crippen LogP contribution in [0.5, 0.6) is 0 Å². The van der Waals surface area contributed by atoms with E-state index >= 15 is 0 Å². The lowest BCUT2D eigenvalue weighted by Gasteiger charge is -2.31. The Balaban J connectivity index is 1.56. The first kappa shape index (κ1) is 20.3. The van der Waals surface area contributed by atoms with Crippen molar-refractivity contribution < 1.29 is 19.1 Å². The fourth-order valence-electron chi connectivity index (χ4n) is 3.08. The molecule has 8 nitrogen and oxygen atoms in total. The summed E-state index contributed by atoms with van der Waals surface area (Å²) in [4.78, 5) is 42.5. The Morgan fingerprint density at radius 3 is 2.31 bits per heavy atom. The molecule has 1 saturated heterocycles. The minimum absolute atomic E-state index is 0.0585. The van der Waals surface area contributed by atoms with E-state index in [1.165, 1.54) is 0 Å². The predicted molar refractivity (Wildman–Crippen MR) is 108 cm³/mol. The molecule has 0 bridgehead atoms. The number of para-hydroxylation sites is 1. The lowest BCUT2D eigenvalue weighted by Crippen LogP contribution is -2.46. The van der Waals surface area contributed by atoms with Crippen molar-refractivity contribution in [3.63, 3.8) is 0 Å². The number of pyridine rings is 1. The average Bonchev–Trinajstić information content (AvgIpc) is 2.75. The molecule has 152 valence electrons. The van der Waals surface area contributed by atoms with Crippen LogP contribution < -0.4 is 10.6 Å². The number of aromatic nitrogens is 1. The predicted octanol–water partition coefficient (Wildman–Crippen LogP) is 2.68. The summed E-state index contributed by atoms with van der Waals surface area (Å²) in [5.41, 5.74) is 1.000. The fourth-order valence-corrected chi connectivity index (χ4v) is 3.08. The molecule has 2 heterocycles. The topological polar surface area (TPSA) is 101 Å². The van der Waals surface area contributed by atoms with E-state index in [2.05, 4.69) is 15.6 Å². The van der Waals surface area contributed by atoms with Gasteiger partial charge in [-0.05, 0) is 44.0 Å². The number of hydrogen-bond acceptors (Lipinski definition) is 5. The number of carbonyl (C=O) groups is 3. The van der Waals surface area contributed by atoms with Gasteiger partial charge >= 0.3 is 6.09 Å². The molecule has 3 rings (SSSR count). The number of carbonyl (C=O) groups excluding carboxylic acids is 3. The van der Waals surface area contributed by atoms with E-state index in [9.17, 15) is 14.4 Å². The highest BCUT2D eigenvalue weighted by atomic mass is 16.6. The van der Waals surface area contributed by atoms with Crippen LogP contribution in [0.4, 0.5) is 10.5 Å². The minimum Gasteiger partial charge on any atom is -0.450 e. The molecule has 0 atom stereocenters. The van der Waals surface area contributed by atoms with Crippen LogP contribution in [0.2, 0.25) is 0 Å². The maximum absolute atomic E-state index is 12.6. The number of benzene rings is 1. The molecule has 0 spiro atoms. The Morgan fingerprint density at radius 2 is 1.66 bits per heavy atom. The first-order valence-corrected chi connectivity index (χ1v) is 9.63. The highest BCUT2D eigenvalue weighted by Gasteiger charge is 2.25. The van der Waals surface area contributed by atoms with Crippen molar-refractivity contribution >= 4 is 23.6 Å². The van der Waals surface area contributed by atoms with Crippen molar-refractivity contribution in [1.29, 1.82) is 0 Å². The quantitative estimate of drug-likeness (QED) is 0.809. The normalized spacial score (nSPS) is 14.2. The third-order valence-electron chi connectivity index (χ3n) is 4.60. The summed E-state index contributed by atoms with van der Waals surface area (Å²) in [6, 6.07) is 13.8. The van der Waals surface area contributed by atoms with Gasteiger partial charge in [-0.25, -0.2) is 9.78 Å². The largest absolute Gasteiger partial charge is 0.450 e. The van der Waals surface area contributed by atoms with Crippen LogP contribution in [-0.4, -0.2) is 53.5 Å². The van der Waals surface area contributed by atoms with Crippen LogP contribution in [-0.2, 0) is 4.74 Å². The number of anilines is 1. The van der Waals surface area contributed by atoms with Gasteiger partial charge in [-0.3, -0.25) is 9.59 Å². The molecule has 0 unspecified atom stereocenters. The van der Waals surface area contributed by atoms with Gasteiger partial charge in [-0.1, -0.05) is 24.3 Å². The van der Waals surface area contributed by atoms with Crippen LogP contribution in [0.3, 0.4) is 0 Å². The average molecular weight is 396 g/mol. The molecule has 1 aliphatic rings. The van der Waals surface area contributed by atoms with E-state index in [0.717, 1.165) is 0 Å². The van der Waals surface area contributed by atoms with Gasteiger partial charge in [0.25, 0.3) is 11.8 Å². The smallest absolute Gasteiger partial charge is 0.409 e. The van der Waals surface area contributed by atoms with Crippen LogP contribution in [0.25, 0.3) is 0 Å². The Labute approximate surface area is 169 Å². The SMILES string of the molecule is CCOC(=O)N1CCC(NC(=O)c2cccc(C(=O)Nc3ccccc3)n2)CC1. The Kier molecular flexibility index (Phi) is 6.78. The monoisotopic (exact) mass is 396 g/mol. The number of amides is 3. The van der Waals surface area contributed by atoms with E-state index in [-0.39, 0.29) is 35.3 Å². The molecule has 8 heteroatoms. The van der Waals surface area contributed by atoms with Gasteiger partial charge < -0.3 is 20.3 Å². The first-order valence-electron chi connectivity index (χ1n) is 9.63. The second-order valence-corrected chi connectivity index (χ2v) is 6.66. The van der Waals surface area contributed by atoms with E-state index in [1.54, 1.807) is 42.2 Å². The standard InChI is InChI=1S/C21H24N4O4/c1-2-29-21(28)25-13-11-16(12-14-25)23-20(27)18-10-6-9-17(24-18)19(26)22-15-7-4-3-5-8-15/h3-10,16H,2,11-14H2,1H3,(H,22,26)(H,23,27). The van der Waals surface area contributed by atoms with Gasteiger partial charge in [0.1, 0.15) is 11.4 Å². The third kappa shape index (κ3) is 5.54. The molecule has 3 amide bonds. The van der Waals surface area contributed by atoms with Gasteiger partial charge in [0.05, 0.1) is 6.61 Å². The summed E-state index contributed by atoms with van der Waals surface area (Å²) in [7, 11) is 0. The summed E-state index contributed by atoms with van der Waals surface area (Å²) < 4.78 is 5.00. The summed E-state index contributed by atoms with van der Waals surface area (Å²) in [6.45, 7) is 3.16. The Bertz CT molecular complexity index is 864. The second kappa shape index (κ2) is 9.68. The van der Waals surface area contributed by atoms with Gasteiger partial charge in [0.2, 0.25) is 0 Å². The van der Waals surface area contributed by atoms with Gasteiger partial charge in [-0.15, -0.1) is 0 Å². The number of rotatable bonds is 5. The highest BCUT2D eigenvalue weighted by molar-refractivity contribution is 6.03. The molecule has 29 heavy (non-hydrogen) atoms. The molecular weight excluding hydrogens is 372 g/mol. The number of hydrogen-bond donors (Lipinski definition) is 2. The van der Waals surface area contributed by atoms with Gasteiger partial charge in [0, 0.05) is 24.8 Å². The molecule has 0 radical (unpaired) electrons. The van der Waals surface area contributed by atoms with E-state index in [1.807, 2.05) is 18.2 Å². The lowest BCUT2D eigenvalue weighted by atomic mass is 10.1. The summed E-state index contributed by atoms with van der Waals surface area (Å²) in [6.07, 6.45) is 0.952. The molecule has 0 saturated carbocycles. The van der Waals surface area contributed by atoms with Gasteiger partial charge in [-0.2, -0.15) is 0 Å². The number of likely N-dealkylation sites (tertiary alicyclic amines) is 1. The van der Waals surface area contributed by atoms with Crippen molar-refractivity contribution in [2.75, 3.05) is 25.0 Å². The summed E-state index contributed by atoms with van der Waals surface area (Å²) in [5, 5.41) is 5.68. The number of piperidine rings is 1. The molecule has 1 aromatic heterocycles. The Morgan fingerprint density at radius 1 is 1.00 bits per heavy atom. The maximum Gasteiger partial charge on any atom is 0.409 e. The summed E-state index contributed by atoms with van der Waals surface area (Å²) >= 11 is 0. The zero-order chi connectivity index (χ0) is 20.6. The van der Waals surface area contributed by atoms with Gasteiger partial charge in [0.15, 0.2) is 0 Å². The molecule has 2 N–H and O–H groups in total. The van der Waals surface area contributed by atoms with Crippen LogP contribution in [0.15, 0.2) is 48.5 Å². The van der Waals surface area contributed by atoms with Crippen molar-refractivity contribution in [1.82, 2.24) is 15.2 Å². The Hall–Kier alpha value is -3.42. The van der Waals surface area contributed by atoms with Crippen molar-refractivity contribution in [2.45, 2.75) is 25.8 Å². The third-order valence-corrected chi connectivity index (χ3v) is 4.60. The molecule has 1 fully saturated rings. The fraction of sp³-hybridized carbons (Fsp3) is 0.333. The van der Waals surface area contributed by atoms with Crippen molar-refractivity contribution in [3.05, 3.63) is 59.9 Å². The zero-order valence-electron chi connectivity index (χ0n) is 16.3. The maximum atomic E-state index is 12.6. The van der Waals surface area contributed by atoms with Crippen LogP contribution in [0.1, 0.15) is 40.7 Å². The second-order valence-electron chi connectivity index (χ2n) is 6.66. The van der Waals surface area contributed by atoms with E-state index in [0.29, 0.717) is 38.2 Å². The summed E-state index contributed by atoms with van der Waals surface area (Å²) in [5.74, 6) is -0.720. The highest BCUT2D eigenvalue weighted by Crippen LogP contribution is 2.13. The number of ether oxygens (including phenoxy) is 1. The molecule has 0 aliphatic carbocycles. The molecule has 2 aromatic rings. The van der Waals surface area contributed by atoms with Crippen LogP contribution >= 0.6 is 0 Å². The van der Waals surface area contributed by atoms with Crippen molar-refractivity contribution in [3.8, 4) is 0 Å². The van der Waals surface area contributed by atoms with Crippen molar-refractivity contribution in [2.24, 2.45) is 0 Å². The first-order chi connectivity index (χ1) is 14.1. The molecular formula is C21H24N4O4. The van der Waals surface area contributed by atoms with E-state index in [4.69, 9.17) is 4.74 Å². The van der Waals surface area contributed by atoms with E-state index < -0.39 is 0 Å². The zero-order valence-corrected chi connectivity index (χ0v) is 16.3. The molecule has 1 aliphatic heterocycles. The molecule has 1 aromatic carbocycles. The van der Waals surface area contributed by atoms with Crippen LogP contribution in [0, 0.1) is 0 Å². The number of nitrogens with zero attached hydrogens (tertiary/aromatic N) is 2. The number of nitrogens with one attached hydrogen (secondary N) is 2. The minimum atomic E-state index is -0.381. The lowest BCUT2D eigenvalue weighted by molar-refractivity contribution is 0.0856.